The fraction of sp³-hybridized carbons (Fsp3) is 0.300. The third kappa shape index (κ3) is 2.09. The number of phenolic OH excluding ortho intramolecular Hbond substituents is 1. The van der Waals surface area contributed by atoms with Crippen LogP contribution in [-0.4, -0.2) is 10.8 Å². The summed E-state index contributed by atoms with van der Waals surface area (Å²) >= 11 is 0. The molecule has 64 valence electrons. The summed E-state index contributed by atoms with van der Waals surface area (Å²) in [5.74, 6) is 0.253. The molecule has 2 heteroatoms. The molecule has 0 aliphatic heterocycles. The van der Waals surface area contributed by atoms with Crippen LogP contribution in [0.4, 0.5) is 0 Å². The Morgan fingerprint density at radius 3 is 2.42 bits per heavy atom. The Bertz CT molecular complexity index is 264. The SMILES string of the molecule is CCCC(=N)c1ccc(O)cc1. The van der Waals surface area contributed by atoms with Gasteiger partial charge in [0.05, 0.1) is 0 Å². The average Bonchev–Trinajstić information content (AvgIpc) is 2.06. The summed E-state index contributed by atoms with van der Waals surface area (Å²) in [5, 5.41) is 16.6. The number of hydrogen-bond donors (Lipinski definition) is 2. The van der Waals surface area contributed by atoms with E-state index < -0.39 is 0 Å². The predicted octanol–water partition coefficient (Wildman–Crippen LogP) is 2.56. The van der Waals surface area contributed by atoms with Crippen LogP contribution in [-0.2, 0) is 0 Å². The van der Waals surface area contributed by atoms with Gasteiger partial charge in [0.1, 0.15) is 5.75 Å². The van der Waals surface area contributed by atoms with Gasteiger partial charge in [-0.25, -0.2) is 0 Å². The molecule has 0 spiro atoms. The van der Waals surface area contributed by atoms with E-state index in [2.05, 4.69) is 6.92 Å². The summed E-state index contributed by atoms with van der Waals surface area (Å²) in [6.07, 6.45) is 1.78. The summed E-state index contributed by atoms with van der Waals surface area (Å²) in [7, 11) is 0. The molecule has 0 bridgehead atoms. The molecule has 1 aromatic carbocycles. The Morgan fingerprint density at radius 1 is 1.33 bits per heavy atom. The second-order valence-corrected chi connectivity index (χ2v) is 2.78. The molecule has 2 nitrogen and oxygen atoms in total. The van der Waals surface area contributed by atoms with E-state index in [4.69, 9.17) is 10.5 Å². The summed E-state index contributed by atoms with van der Waals surface area (Å²) in [6, 6.07) is 6.76. The van der Waals surface area contributed by atoms with Gasteiger partial charge in [0.25, 0.3) is 0 Å². The maximum Gasteiger partial charge on any atom is 0.115 e. The van der Waals surface area contributed by atoms with Crippen LogP contribution in [0.1, 0.15) is 25.3 Å². The zero-order valence-electron chi connectivity index (χ0n) is 7.17. The highest BCUT2D eigenvalue weighted by molar-refractivity contribution is 5.98. The van der Waals surface area contributed by atoms with Crippen LogP contribution in [0.2, 0.25) is 0 Å². The third-order valence-corrected chi connectivity index (χ3v) is 1.72. The molecule has 0 saturated carbocycles. The predicted molar refractivity (Wildman–Crippen MR) is 49.8 cm³/mol. The Morgan fingerprint density at radius 2 is 1.92 bits per heavy atom. The number of rotatable bonds is 3. The van der Waals surface area contributed by atoms with Crippen molar-refractivity contribution < 1.29 is 5.11 Å². The van der Waals surface area contributed by atoms with E-state index in [1.54, 1.807) is 24.3 Å². The van der Waals surface area contributed by atoms with Crippen LogP contribution in [0.15, 0.2) is 24.3 Å². The first kappa shape index (κ1) is 8.78. The highest BCUT2D eigenvalue weighted by Gasteiger charge is 1.98. The highest BCUT2D eigenvalue weighted by Crippen LogP contribution is 2.11. The van der Waals surface area contributed by atoms with Crippen molar-refractivity contribution in [2.24, 2.45) is 0 Å². The van der Waals surface area contributed by atoms with Crippen molar-refractivity contribution in [2.45, 2.75) is 19.8 Å². The zero-order valence-corrected chi connectivity index (χ0v) is 7.17. The molecule has 2 N–H and O–H groups in total. The van der Waals surface area contributed by atoms with Gasteiger partial charge in [-0.05, 0) is 36.2 Å². The van der Waals surface area contributed by atoms with Crippen molar-refractivity contribution in [1.29, 1.82) is 5.41 Å². The van der Waals surface area contributed by atoms with Crippen LogP contribution in [0.25, 0.3) is 0 Å². The second kappa shape index (κ2) is 3.90. The number of benzene rings is 1. The lowest BCUT2D eigenvalue weighted by Gasteiger charge is -2.01. The largest absolute Gasteiger partial charge is 0.508 e. The Kier molecular flexibility index (Phi) is 2.86. The fourth-order valence-electron chi connectivity index (χ4n) is 1.06. The van der Waals surface area contributed by atoms with Crippen LogP contribution in [0.5, 0.6) is 5.75 Å². The third-order valence-electron chi connectivity index (χ3n) is 1.72. The standard InChI is InChI=1S/C10H13NO/c1-2-3-10(11)8-4-6-9(12)7-5-8/h4-7,11-12H,2-3H2,1H3. The van der Waals surface area contributed by atoms with Gasteiger partial charge in [0, 0.05) is 5.71 Å². The monoisotopic (exact) mass is 163 g/mol. The number of hydrogen-bond acceptors (Lipinski definition) is 2. The minimum Gasteiger partial charge on any atom is -0.508 e. The minimum atomic E-state index is 0.253. The van der Waals surface area contributed by atoms with E-state index in [-0.39, 0.29) is 5.75 Å². The van der Waals surface area contributed by atoms with E-state index in [1.807, 2.05) is 0 Å². The molecule has 0 fully saturated rings. The van der Waals surface area contributed by atoms with Gasteiger partial charge in [-0.2, -0.15) is 0 Å². The minimum absolute atomic E-state index is 0.253. The molecule has 0 radical (unpaired) electrons. The van der Waals surface area contributed by atoms with Gasteiger partial charge >= 0.3 is 0 Å². The van der Waals surface area contributed by atoms with Gasteiger partial charge in [0.15, 0.2) is 0 Å². The Balaban J connectivity index is 2.75. The zero-order chi connectivity index (χ0) is 8.97. The summed E-state index contributed by atoms with van der Waals surface area (Å²) < 4.78 is 0. The van der Waals surface area contributed by atoms with Gasteiger partial charge in [-0.3, -0.25) is 0 Å². The molecular formula is C10H13NO. The second-order valence-electron chi connectivity index (χ2n) is 2.78. The maximum absolute atomic E-state index is 9.00. The first-order valence-electron chi connectivity index (χ1n) is 4.11. The topological polar surface area (TPSA) is 44.1 Å². The lowest BCUT2D eigenvalue weighted by Crippen LogP contribution is -1.96. The van der Waals surface area contributed by atoms with Crippen LogP contribution < -0.4 is 0 Å². The molecule has 0 heterocycles. The molecule has 0 saturated heterocycles. The molecule has 0 aliphatic carbocycles. The van der Waals surface area contributed by atoms with Crippen molar-refractivity contribution in [3.05, 3.63) is 29.8 Å². The van der Waals surface area contributed by atoms with Gasteiger partial charge < -0.3 is 10.5 Å². The van der Waals surface area contributed by atoms with Gasteiger partial charge in [0.2, 0.25) is 0 Å². The van der Waals surface area contributed by atoms with Crippen molar-refractivity contribution in [3.8, 4) is 5.75 Å². The molecule has 0 amide bonds. The molecule has 1 aromatic rings. The Hall–Kier alpha value is -1.31. The van der Waals surface area contributed by atoms with Crippen molar-refractivity contribution in [2.75, 3.05) is 0 Å². The van der Waals surface area contributed by atoms with Crippen LogP contribution in [0.3, 0.4) is 0 Å². The Labute approximate surface area is 72.4 Å². The fourth-order valence-corrected chi connectivity index (χ4v) is 1.06. The van der Waals surface area contributed by atoms with Gasteiger partial charge in [-0.15, -0.1) is 0 Å². The van der Waals surface area contributed by atoms with Crippen molar-refractivity contribution >= 4 is 5.71 Å². The first-order valence-corrected chi connectivity index (χ1v) is 4.11. The van der Waals surface area contributed by atoms with Crippen LogP contribution >= 0.6 is 0 Å². The molecule has 12 heavy (non-hydrogen) atoms. The van der Waals surface area contributed by atoms with E-state index in [9.17, 15) is 0 Å². The smallest absolute Gasteiger partial charge is 0.115 e. The summed E-state index contributed by atoms with van der Waals surface area (Å²) in [4.78, 5) is 0. The van der Waals surface area contributed by atoms with Crippen molar-refractivity contribution in [1.82, 2.24) is 0 Å². The molecule has 0 aliphatic rings. The molecule has 1 rings (SSSR count). The maximum atomic E-state index is 9.00. The normalized spacial score (nSPS) is 9.75. The van der Waals surface area contributed by atoms with Gasteiger partial charge in [-0.1, -0.05) is 13.3 Å². The average molecular weight is 163 g/mol. The van der Waals surface area contributed by atoms with Crippen molar-refractivity contribution in [3.63, 3.8) is 0 Å². The van der Waals surface area contributed by atoms with E-state index in [1.165, 1.54) is 0 Å². The summed E-state index contributed by atoms with van der Waals surface area (Å²) in [6.45, 7) is 2.05. The summed E-state index contributed by atoms with van der Waals surface area (Å²) in [5.41, 5.74) is 1.53. The highest BCUT2D eigenvalue weighted by atomic mass is 16.3. The van der Waals surface area contributed by atoms with E-state index in [0.29, 0.717) is 5.71 Å². The van der Waals surface area contributed by atoms with E-state index >= 15 is 0 Å². The molecular weight excluding hydrogens is 150 g/mol. The molecule has 0 atom stereocenters. The number of aromatic hydroxyl groups is 1. The number of phenols is 1. The molecule has 0 aromatic heterocycles. The van der Waals surface area contributed by atoms with E-state index in [0.717, 1.165) is 18.4 Å². The molecule has 0 unspecified atom stereocenters. The quantitative estimate of drug-likeness (QED) is 0.661. The number of nitrogens with one attached hydrogen (secondary N) is 1. The lowest BCUT2D eigenvalue weighted by molar-refractivity contribution is 0.475. The first-order chi connectivity index (χ1) is 5.74. The van der Waals surface area contributed by atoms with Crippen LogP contribution in [0, 0.1) is 5.41 Å². The lowest BCUT2D eigenvalue weighted by atomic mass is 10.1.